The number of alkyl halides is 3. The number of halogens is 4. The van der Waals surface area contributed by atoms with Gasteiger partial charge in [0.1, 0.15) is 11.6 Å². The number of methoxy groups -OCH3 is 1. The lowest BCUT2D eigenvalue weighted by molar-refractivity contribution is -0.272. The van der Waals surface area contributed by atoms with Gasteiger partial charge in [-0.2, -0.15) is 13.2 Å². The van der Waals surface area contributed by atoms with Crippen molar-refractivity contribution in [3.8, 4) is 5.75 Å². The number of guanidine groups is 1. The number of hydrogen-bond acceptors (Lipinski definition) is 4. The van der Waals surface area contributed by atoms with Crippen molar-refractivity contribution in [1.82, 2.24) is 9.55 Å². The van der Waals surface area contributed by atoms with Crippen molar-refractivity contribution in [1.29, 1.82) is 0 Å². The lowest BCUT2D eigenvalue weighted by Crippen LogP contribution is -2.45. The van der Waals surface area contributed by atoms with Gasteiger partial charge in [-0.25, -0.2) is 4.98 Å². The van der Waals surface area contributed by atoms with Crippen LogP contribution in [0.3, 0.4) is 0 Å². The van der Waals surface area contributed by atoms with E-state index in [9.17, 15) is 18.3 Å². The molecule has 2 rings (SSSR count). The van der Waals surface area contributed by atoms with E-state index in [1.54, 1.807) is 24.3 Å². The van der Waals surface area contributed by atoms with Gasteiger partial charge in [0, 0.05) is 38.1 Å². The summed E-state index contributed by atoms with van der Waals surface area (Å²) < 4.78 is 46.3. The van der Waals surface area contributed by atoms with E-state index in [4.69, 9.17) is 10.5 Å². The zero-order chi connectivity index (χ0) is 19.4. The van der Waals surface area contributed by atoms with Gasteiger partial charge in [0.2, 0.25) is 5.60 Å². The monoisotopic (exact) mass is 499 g/mol. The van der Waals surface area contributed by atoms with Crippen LogP contribution < -0.4 is 15.8 Å². The maximum Gasteiger partial charge on any atom is 0.424 e. The number of aliphatic hydroxyl groups is 1. The molecular formula is C16H21F3IN5O2. The molecule has 27 heavy (non-hydrogen) atoms. The SMILES string of the molecule is COc1ccc(NC(N)=NCCC(O)(c2nccn2C)C(F)(F)F)cc1.I. The van der Waals surface area contributed by atoms with Gasteiger partial charge < -0.3 is 25.5 Å². The average molecular weight is 499 g/mol. The fraction of sp³-hybridized carbons (Fsp3) is 0.375. The molecule has 1 heterocycles. The van der Waals surface area contributed by atoms with Crippen LogP contribution in [0.1, 0.15) is 12.2 Å². The first-order valence-corrected chi connectivity index (χ1v) is 7.65. The zero-order valence-corrected chi connectivity index (χ0v) is 17.0. The molecule has 0 saturated heterocycles. The number of benzene rings is 1. The van der Waals surface area contributed by atoms with Crippen LogP contribution in [0.4, 0.5) is 18.9 Å². The molecule has 1 aromatic heterocycles. The molecular weight excluding hydrogens is 478 g/mol. The van der Waals surface area contributed by atoms with Gasteiger partial charge in [-0.05, 0) is 24.3 Å². The van der Waals surface area contributed by atoms with Crippen molar-refractivity contribution in [3.05, 3.63) is 42.5 Å². The number of hydrogen-bond donors (Lipinski definition) is 3. The second-order valence-electron chi connectivity index (χ2n) is 5.59. The number of anilines is 1. The number of aryl methyl sites for hydroxylation is 1. The first-order valence-electron chi connectivity index (χ1n) is 7.65. The smallest absolute Gasteiger partial charge is 0.424 e. The third kappa shape index (κ3) is 5.48. The Balaban J connectivity index is 0.00000364. The number of imidazole rings is 1. The standard InChI is InChI=1S/C16H20F3N5O2.HI/c1-24-10-9-21-13(24)15(25,16(17,18)19)7-8-22-14(20)23-11-3-5-12(26-2)6-4-11;/h3-6,9-10,25H,7-8H2,1-2H3,(H3,20,22,23);1H. The summed E-state index contributed by atoms with van der Waals surface area (Å²) in [5.74, 6) is 0.0813. The first kappa shape index (κ1) is 23.0. The van der Waals surface area contributed by atoms with Crippen LogP contribution in [-0.4, -0.2) is 40.4 Å². The molecule has 1 atom stereocenters. The Kier molecular flexibility index (Phi) is 7.90. The van der Waals surface area contributed by atoms with E-state index < -0.39 is 24.0 Å². The molecule has 0 radical (unpaired) electrons. The van der Waals surface area contributed by atoms with Crippen LogP contribution in [0.15, 0.2) is 41.7 Å². The Bertz CT molecular complexity index is 764. The Morgan fingerprint density at radius 1 is 1.33 bits per heavy atom. The molecule has 0 aliphatic rings. The molecule has 0 aliphatic carbocycles. The second-order valence-corrected chi connectivity index (χ2v) is 5.59. The van der Waals surface area contributed by atoms with E-state index in [0.29, 0.717) is 11.4 Å². The minimum Gasteiger partial charge on any atom is -0.497 e. The maximum atomic E-state index is 13.4. The van der Waals surface area contributed by atoms with Crippen molar-refractivity contribution in [2.75, 3.05) is 19.0 Å². The first-order chi connectivity index (χ1) is 12.2. The number of ether oxygens (including phenoxy) is 1. The van der Waals surface area contributed by atoms with E-state index in [0.717, 1.165) is 4.57 Å². The number of aliphatic imine (C=N–C) groups is 1. The van der Waals surface area contributed by atoms with Crippen LogP contribution >= 0.6 is 24.0 Å². The normalized spacial score (nSPS) is 14.2. The Morgan fingerprint density at radius 3 is 2.44 bits per heavy atom. The molecule has 0 bridgehead atoms. The zero-order valence-electron chi connectivity index (χ0n) is 14.7. The number of nitrogens with zero attached hydrogens (tertiary/aromatic N) is 3. The third-order valence-electron chi connectivity index (χ3n) is 3.78. The van der Waals surface area contributed by atoms with Crippen LogP contribution in [0.2, 0.25) is 0 Å². The van der Waals surface area contributed by atoms with Gasteiger partial charge in [0.05, 0.1) is 7.11 Å². The average Bonchev–Trinajstić information content (AvgIpc) is 3.01. The second kappa shape index (κ2) is 9.26. The van der Waals surface area contributed by atoms with E-state index in [2.05, 4.69) is 15.3 Å². The molecule has 0 aliphatic heterocycles. The minimum atomic E-state index is -4.90. The molecule has 150 valence electrons. The van der Waals surface area contributed by atoms with Crippen LogP contribution in [0.5, 0.6) is 5.75 Å². The predicted molar refractivity (Wildman–Crippen MR) is 106 cm³/mol. The summed E-state index contributed by atoms with van der Waals surface area (Å²) in [5, 5.41) is 12.9. The topological polar surface area (TPSA) is 97.7 Å². The molecule has 4 N–H and O–H groups in total. The minimum absolute atomic E-state index is 0. The summed E-state index contributed by atoms with van der Waals surface area (Å²) in [4.78, 5) is 7.48. The highest BCUT2D eigenvalue weighted by atomic mass is 127. The molecule has 11 heteroatoms. The van der Waals surface area contributed by atoms with Gasteiger partial charge in [0.25, 0.3) is 0 Å². The summed E-state index contributed by atoms with van der Waals surface area (Å²) in [5.41, 5.74) is 3.17. The van der Waals surface area contributed by atoms with Gasteiger partial charge in [-0.3, -0.25) is 4.99 Å². The molecule has 0 amide bonds. The van der Waals surface area contributed by atoms with Crippen LogP contribution in [0.25, 0.3) is 0 Å². The van der Waals surface area contributed by atoms with E-state index >= 15 is 0 Å². The summed E-state index contributed by atoms with van der Waals surface area (Å²) in [7, 11) is 2.91. The molecule has 0 saturated carbocycles. The van der Waals surface area contributed by atoms with Crippen molar-refractivity contribution in [3.63, 3.8) is 0 Å². The number of rotatable bonds is 6. The fourth-order valence-corrected chi connectivity index (χ4v) is 2.34. The Labute approximate surface area is 171 Å². The molecule has 2 aromatic rings. The van der Waals surface area contributed by atoms with Crippen molar-refractivity contribution >= 4 is 35.6 Å². The Hall–Kier alpha value is -2.02. The van der Waals surface area contributed by atoms with Crippen molar-refractivity contribution in [2.24, 2.45) is 17.8 Å². The number of nitrogens with one attached hydrogen (secondary N) is 1. The molecule has 7 nitrogen and oxygen atoms in total. The molecule has 1 aromatic carbocycles. The fourth-order valence-electron chi connectivity index (χ4n) is 2.34. The molecule has 0 fully saturated rings. The highest BCUT2D eigenvalue weighted by Gasteiger charge is 2.57. The molecule has 1 unspecified atom stereocenters. The lowest BCUT2D eigenvalue weighted by Gasteiger charge is -2.29. The van der Waals surface area contributed by atoms with Crippen LogP contribution in [0, 0.1) is 0 Å². The van der Waals surface area contributed by atoms with E-state index in [1.165, 1.54) is 26.6 Å². The molecule has 0 spiro atoms. The lowest BCUT2D eigenvalue weighted by atomic mass is 9.98. The summed E-state index contributed by atoms with van der Waals surface area (Å²) in [6.07, 6.45) is -3.10. The predicted octanol–water partition coefficient (Wildman–Crippen LogP) is 2.61. The van der Waals surface area contributed by atoms with Crippen molar-refractivity contribution in [2.45, 2.75) is 18.2 Å². The van der Waals surface area contributed by atoms with E-state index in [1.807, 2.05) is 0 Å². The van der Waals surface area contributed by atoms with Gasteiger partial charge in [-0.15, -0.1) is 24.0 Å². The van der Waals surface area contributed by atoms with Gasteiger partial charge in [0.15, 0.2) is 5.96 Å². The largest absolute Gasteiger partial charge is 0.497 e. The Morgan fingerprint density at radius 2 is 1.96 bits per heavy atom. The quantitative estimate of drug-likeness (QED) is 0.323. The maximum absolute atomic E-state index is 13.4. The summed E-state index contributed by atoms with van der Waals surface area (Å²) >= 11 is 0. The van der Waals surface area contributed by atoms with Crippen molar-refractivity contribution < 1.29 is 23.0 Å². The third-order valence-corrected chi connectivity index (χ3v) is 3.78. The summed E-state index contributed by atoms with van der Waals surface area (Å²) in [6.45, 7) is -0.349. The number of nitrogens with two attached hydrogens (primary N) is 1. The summed E-state index contributed by atoms with van der Waals surface area (Å²) in [6, 6.07) is 6.75. The van der Waals surface area contributed by atoms with Gasteiger partial charge in [-0.1, -0.05) is 0 Å². The van der Waals surface area contributed by atoms with Gasteiger partial charge >= 0.3 is 6.18 Å². The number of aromatic nitrogens is 2. The highest BCUT2D eigenvalue weighted by molar-refractivity contribution is 14.0. The highest BCUT2D eigenvalue weighted by Crippen LogP contribution is 2.40. The van der Waals surface area contributed by atoms with E-state index in [-0.39, 0.29) is 36.5 Å². The van der Waals surface area contributed by atoms with Crippen LogP contribution in [-0.2, 0) is 12.6 Å².